The normalized spacial score (nSPS) is 12.7. The Morgan fingerprint density at radius 2 is 1.57 bits per heavy atom. The van der Waals surface area contributed by atoms with Crippen LogP contribution < -0.4 is 9.62 Å². The van der Waals surface area contributed by atoms with Gasteiger partial charge in [-0.25, -0.2) is 8.42 Å². The van der Waals surface area contributed by atoms with E-state index in [0.29, 0.717) is 12.1 Å². The number of rotatable bonds is 9. The molecule has 0 aliphatic carbocycles. The second kappa shape index (κ2) is 11.2. The molecule has 0 saturated heterocycles. The Labute approximate surface area is 210 Å². The predicted molar refractivity (Wildman–Crippen MR) is 142 cm³/mol. The number of sulfonamides is 1. The lowest BCUT2D eigenvalue weighted by Crippen LogP contribution is -2.55. The van der Waals surface area contributed by atoms with Crippen molar-refractivity contribution in [1.82, 2.24) is 10.2 Å². The minimum absolute atomic E-state index is 0.194. The molecule has 2 aromatic rings. The predicted octanol–water partition coefficient (Wildman–Crippen LogP) is 4.10. The molecule has 2 aromatic carbocycles. The molecule has 2 amide bonds. The molecule has 1 N–H and O–H groups in total. The molecule has 8 heteroatoms. The monoisotopic (exact) mass is 501 g/mol. The third-order valence-electron chi connectivity index (χ3n) is 5.82. The molecular weight excluding hydrogens is 462 g/mol. The molecule has 0 saturated carbocycles. The highest BCUT2D eigenvalue weighted by Crippen LogP contribution is 2.23. The zero-order valence-corrected chi connectivity index (χ0v) is 23.0. The number of hydrogen-bond donors (Lipinski definition) is 1. The SMILES string of the molecule is CC[C@@H](C(=O)NC(C)(C)C)N(Cc1ccc(C)cc1)C(=O)CN(c1ccc(C)c(C)c1)S(C)(=O)=O. The topological polar surface area (TPSA) is 86.8 Å². The zero-order valence-electron chi connectivity index (χ0n) is 22.2. The maximum Gasteiger partial charge on any atom is 0.244 e. The van der Waals surface area contributed by atoms with E-state index in [1.54, 1.807) is 12.1 Å². The van der Waals surface area contributed by atoms with Gasteiger partial charge in [0.15, 0.2) is 0 Å². The first-order valence-corrected chi connectivity index (χ1v) is 13.7. The van der Waals surface area contributed by atoms with E-state index < -0.39 is 34.1 Å². The van der Waals surface area contributed by atoms with Gasteiger partial charge in [-0.05, 0) is 76.8 Å². The first-order valence-electron chi connectivity index (χ1n) is 11.8. The number of carbonyl (C=O) groups is 2. The van der Waals surface area contributed by atoms with Crippen LogP contribution in [0.2, 0.25) is 0 Å². The lowest BCUT2D eigenvalue weighted by Gasteiger charge is -2.34. The van der Waals surface area contributed by atoms with Crippen molar-refractivity contribution in [2.75, 3.05) is 17.1 Å². The molecule has 0 bridgehead atoms. The minimum atomic E-state index is -3.75. The van der Waals surface area contributed by atoms with E-state index in [2.05, 4.69) is 5.32 Å². The van der Waals surface area contributed by atoms with E-state index in [0.717, 1.165) is 32.8 Å². The van der Waals surface area contributed by atoms with Gasteiger partial charge in [0.2, 0.25) is 21.8 Å². The molecule has 192 valence electrons. The molecule has 0 fully saturated rings. The highest BCUT2D eigenvalue weighted by molar-refractivity contribution is 7.92. The largest absolute Gasteiger partial charge is 0.350 e. The Kier molecular flexibility index (Phi) is 9.11. The van der Waals surface area contributed by atoms with Gasteiger partial charge in [0.25, 0.3) is 0 Å². The van der Waals surface area contributed by atoms with Crippen molar-refractivity contribution in [3.05, 3.63) is 64.7 Å². The van der Waals surface area contributed by atoms with Gasteiger partial charge in [0, 0.05) is 12.1 Å². The van der Waals surface area contributed by atoms with Gasteiger partial charge in [-0.3, -0.25) is 13.9 Å². The van der Waals surface area contributed by atoms with Gasteiger partial charge in [-0.1, -0.05) is 42.8 Å². The summed E-state index contributed by atoms with van der Waals surface area (Å²) in [6.45, 7) is 13.1. The molecule has 0 heterocycles. The highest BCUT2D eigenvalue weighted by Gasteiger charge is 2.33. The van der Waals surface area contributed by atoms with Crippen LogP contribution in [0.25, 0.3) is 0 Å². The number of carbonyl (C=O) groups excluding carboxylic acids is 2. The summed E-state index contributed by atoms with van der Waals surface area (Å²) in [5, 5.41) is 2.96. The van der Waals surface area contributed by atoms with Crippen molar-refractivity contribution in [2.45, 2.75) is 73.0 Å². The van der Waals surface area contributed by atoms with E-state index in [1.807, 2.05) is 78.8 Å². The average molecular weight is 502 g/mol. The number of benzene rings is 2. The van der Waals surface area contributed by atoms with Crippen LogP contribution in [0, 0.1) is 20.8 Å². The molecule has 2 rings (SSSR count). The lowest BCUT2D eigenvalue weighted by molar-refractivity contribution is -0.141. The summed E-state index contributed by atoms with van der Waals surface area (Å²) in [7, 11) is -3.75. The fourth-order valence-corrected chi connectivity index (χ4v) is 4.60. The summed E-state index contributed by atoms with van der Waals surface area (Å²) in [5.74, 6) is -0.706. The van der Waals surface area contributed by atoms with Gasteiger partial charge in [0.05, 0.1) is 11.9 Å². The standard InChI is InChI=1S/C27H39N3O4S/c1-9-24(26(32)28-27(5,6)7)29(17-22-13-10-19(2)11-14-22)25(31)18-30(35(8,33)34)23-15-12-20(3)21(4)16-23/h10-16,24H,9,17-18H2,1-8H3,(H,28,32)/t24-/m0/s1. The molecule has 0 aliphatic heterocycles. The Bertz CT molecular complexity index is 1150. The summed E-state index contributed by atoms with van der Waals surface area (Å²) < 4.78 is 26.5. The van der Waals surface area contributed by atoms with Crippen molar-refractivity contribution in [3.63, 3.8) is 0 Å². The van der Waals surface area contributed by atoms with Crippen molar-refractivity contribution in [1.29, 1.82) is 0 Å². The van der Waals surface area contributed by atoms with Crippen LogP contribution >= 0.6 is 0 Å². The molecule has 0 aromatic heterocycles. The lowest BCUT2D eigenvalue weighted by atomic mass is 10.1. The van der Waals surface area contributed by atoms with Crippen LogP contribution in [0.1, 0.15) is 56.4 Å². The average Bonchev–Trinajstić information content (AvgIpc) is 2.73. The number of nitrogens with zero attached hydrogens (tertiary/aromatic N) is 2. The van der Waals surface area contributed by atoms with Crippen LogP contribution in [0.4, 0.5) is 5.69 Å². The molecule has 7 nitrogen and oxygen atoms in total. The summed E-state index contributed by atoms with van der Waals surface area (Å²) in [5.41, 5.74) is 3.86. The number of anilines is 1. The fourth-order valence-electron chi connectivity index (χ4n) is 3.76. The van der Waals surface area contributed by atoms with Crippen LogP contribution in [-0.2, 0) is 26.2 Å². The van der Waals surface area contributed by atoms with Crippen molar-refractivity contribution >= 4 is 27.5 Å². The molecular formula is C27H39N3O4S. The maximum absolute atomic E-state index is 13.7. The van der Waals surface area contributed by atoms with E-state index >= 15 is 0 Å². The van der Waals surface area contributed by atoms with E-state index in [9.17, 15) is 18.0 Å². The molecule has 0 radical (unpaired) electrons. The molecule has 1 atom stereocenters. The van der Waals surface area contributed by atoms with E-state index in [1.165, 1.54) is 4.90 Å². The first kappa shape index (κ1) is 28.4. The van der Waals surface area contributed by atoms with E-state index in [-0.39, 0.29) is 12.5 Å². The first-order chi connectivity index (χ1) is 16.1. The van der Waals surface area contributed by atoms with Gasteiger partial charge < -0.3 is 10.2 Å². The zero-order chi connectivity index (χ0) is 26.6. The second-order valence-corrected chi connectivity index (χ2v) is 12.1. The molecule has 35 heavy (non-hydrogen) atoms. The number of hydrogen-bond acceptors (Lipinski definition) is 4. The van der Waals surface area contributed by atoms with Crippen molar-refractivity contribution in [3.8, 4) is 0 Å². The second-order valence-electron chi connectivity index (χ2n) is 10.2. The minimum Gasteiger partial charge on any atom is -0.350 e. The molecule has 0 aliphatic rings. The van der Waals surface area contributed by atoms with Gasteiger partial charge in [-0.2, -0.15) is 0 Å². The highest BCUT2D eigenvalue weighted by atomic mass is 32.2. The van der Waals surface area contributed by atoms with Crippen LogP contribution in [-0.4, -0.2) is 49.5 Å². The van der Waals surface area contributed by atoms with Crippen LogP contribution in [0.3, 0.4) is 0 Å². The van der Waals surface area contributed by atoms with Crippen molar-refractivity contribution < 1.29 is 18.0 Å². The fraction of sp³-hybridized carbons (Fsp3) is 0.481. The van der Waals surface area contributed by atoms with Crippen LogP contribution in [0.5, 0.6) is 0 Å². The Morgan fingerprint density at radius 1 is 0.971 bits per heavy atom. The Balaban J connectivity index is 2.47. The Morgan fingerprint density at radius 3 is 2.06 bits per heavy atom. The van der Waals surface area contributed by atoms with Crippen molar-refractivity contribution in [2.24, 2.45) is 0 Å². The summed E-state index contributed by atoms with van der Waals surface area (Å²) >= 11 is 0. The number of amides is 2. The summed E-state index contributed by atoms with van der Waals surface area (Å²) in [4.78, 5) is 28.4. The summed E-state index contributed by atoms with van der Waals surface area (Å²) in [6.07, 6.45) is 1.48. The van der Waals surface area contributed by atoms with Gasteiger partial charge in [0.1, 0.15) is 12.6 Å². The molecule has 0 unspecified atom stereocenters. The maximum atomic E-state index is 13.7. The summed E-state index contributed by atoms with van der Waals surface area (Å²) in [6, 6.07) is 12.3. The quantitative estimate of drug-likeness (QED) is 0.560. The smallest absolute Gasteiger partial charge is 0.244 e. The van der Waals surface area contributed by atoms with E-state index in [4.69, 9.17) is 0 Å². The van der Waals surface area contributed by atoms with Gasteiger partial charge >= 0.3 is 0 Å². The number of nitrogens with one attached hydrogen (secondary N) is 1. The van der Waals surface area contributed by atoms with Crippen LogP contribution in [0.15, 0.2) is 42.5 Å². The Hall–Kier alpha value is -2.87. The molecule has 0 spiro atoms. The number of aryl methyl sites for hydroxylation is 3. The third kappa shape index (κ3) is 8.09. The van der Waals surface area contributed by atoms with Gasteiger partial charge in [-0.15, -0.1) is 0 Å². The third-order valence-corrected chi connectivity index (χ3v) is 6.96.